The van der Waals surface area contributed by atoms with Gasteiger partial charge in [0.25, 0.3) is 0 Å². The fourth-order valence-electron chi connectivity index (χ4n) is 1.85. The van der Waals surface area contributed by atoms with E-state index in [9.17, 15) is 13.2 Å². The molecule has 0 aliphatic carbocycles. The van der Waals surface area contributed by atoms with Crippen LogP contribution in [0.15, 0.2) is 40.2 Å². The van der Waals surface area contributed by atoms with Crippen LogP contribution in [0.4, 0.5) is 13.2 Å². The van der Waals surface area contributed by atoms with E-state index in [2.05, 4.69) is 21.2 Å². The maximum absolute atomic E-state index is 12.7. The van der Waals surface area contributed by atoms with Crippen molar-refractivity contribution in [2.24, 2.45) is 0 Å². The smallest absolute Gasteiger partial charge is 0.309 e. The summed E-state index contributed by atoms with van der Waals surface area (Å²) in [6, 6.07) is 7.08. The molecule has 0 amide bonds. The SMILES string of the molecule is CNC(c1cccc(C(F)(F)F)c1)c1cc(Br)cs1. The first-order valence-corrected chi connectivity index (χ1v) is 7.17. The second-order valence-corrected chi connectivity index (χ2v) is 5.87. The standard InChI is InChI=1S/C13H11BrF3NS/c1-18-12(11-6-10(14)7-19-11)8-3-2-4-9(5-8)13(15,16)17/h2-7,12,18H,1H3. The minimum absolute atomic E-state index is 0.237. The summed E-state index contributed by atoms with van der Waals surface area (Å²) in [6.07, 6.45) is -4.32. The van der Waals surface area contributed by atoms with Gasteiger partial charge in [-0.3, -0.25) is 0 Å². The number of alkyl halides is 3. The fourth-order valence-corrected chi connectivity index (χ4v) is 3.43. The van der Waals surface area contributed by atoms with Gasteiger partial charge in [0.15, 0.2) is 0 Å². The maximum Gasteiger partial charge on any atom is 0.416 e. The Balaban J connectivity index is 2.39. The highest BCUT2D eigenvalue weighted by atomic mass is 79.9. The van der Waals surface area contributed by atoms with E-state index in [-0.39, 0.29) is 6.04 Å². The van der Waals surface area contributed by atoms with Crippen LogP contribution >= 0.6 is 27.3 Å². The van der Waals surface area contributed by atoms with Crippen LogP contribution in [0.5, 0.6) is 0 Å². The number of rotatable bonds is 3. The minimum atomic E-state index is -4.32. The van der Waals surface area contributed by atoms with E-state index in [0.29, 0.717) is 5.56 Å². The molecule has 0 saturated heterocycles. The van der Waals surface area contributed by atoms with Crippen LogP contribution in [0.1, 0.15) is 22.0 Å². The molecule has 2 aromatic rings. The quantitative estimate of drug-likeness (QED) is 0.835. The molecule has 1 atom stereocenters. The predicted octanol–water partition coefficient (Wildman–Crippen LogP) is 4.84. The number of benzene rings is 1. The molecule has 2 rings (SSSR count). The monoisotopic (exact) mass is 349 g/mol. The summed E-state index contributed by atoms with van der Waals surface area (Å²) in [5.74, 6) is 0. The molecule has 1 nitrogen and oxygen atoms in total. The molecule has 0 aliphatic rings. The number of hydrogen-bond acceptors (Lipinski definition) is 2. The van der Waals surface area contributed by atoms with Crippen molar-refractivity contribution in [2.75, 3.05) is 7.05 Å². The van der Waals surface area contributed by atoms with E-state index in [1.165, 1.54) is 23.5 Å². The predicted molar refractivity (Wildman–Crippen MR) is 74.4 cm³/mol. The van der Waals surface area contributed by atoms with E-state index in [1.807, 2.05) is 11.4 Å². The minimum Gasteiger partial charge on any atom is -0.309 e. The number of hydrogen-bond donors (Lipinski definition) is 1. The van der Waals surface area contributed by atoms with Gasteiger partial charge in [-0.05, 0) is 46.7 Å². The summed E-state index contributed by atoms with van der Waals surface area (Å²) >= 11 is 4.85. The van der Waals surface area contributed by atoms with Gasteiger partial charge in [0, 0.05) is 14.7 Å². The molecule has 0 saturated carbocycles. The van der Waals surface area contributed by atoms with Gasteiger partial charge in [-0.1, -0.05) is 12.1 Å². The van der Waals surface area contributed by atoms with Crippen molar-refractivity contribution in [1.82, 2.24) is 5.32 Å². The normalized spacial score (nSPS) is 13.5. The highest BCUT2D eigenvalue weighted by Crippen LogP contribution is 2.34. The van der Waals surface area contributed by atoms with Crippen molar-refractivity contribution in [3.8, 4) is 0 Å². The largest absolute Gasteiger partial charge is 0.416 e. The molecule has 1 aromatic heterocycles. The van der Waals surface area contributed by atoms with Crippen molar-refractivity contribution >= 4 is 27.3 Å². The van der Waals surface area contributed by atoms with Crippen LogP contribution in [0.3, 0.4) is 0 Å². The van der Waals surface area contributed by atoms with Gasteiger partial charge in [-0.2, -0.15) is 13.2 Å². The molecule has 102 valence electrons. The summed E-state index contributed by atoms with van der Waals surface area (Å²) in [5, 5.41) is 4.96. The lowest BCUT2D eigenvalue weighted by atomic mass is 10.0. The lowest BCUT2D eigenvalue weighted by Gasteiger charge is -2.16. The summed E-state index contributed by atoms with van der Waals surface area (Å²) in [5.41, 5.74) is -0.0208. The van der Waals surface area contributed by atoms with E-state index in [1.54, 1.807) is 13.1 Å². The molecule has 19 heavy (non-hydrogen) atoms. The molecule has 0 spiro atoms. The molecule has 0 bridgehead atoms. The first kappa shape index (κ1) is 14.6. The average Bonchev–Trinajstić information content (AvgIpc) is 2.76. The van der Waals surface area contributed by atoms with Crippen LogP contribution in [0.2, 0.25) is 0 Å². The maximum atomic E-state index is 12.7. The van der Waals surface area contributed by atoms with Crippen LogP contribution in [0.25, 0.3) is 0 Å². The Morgan fingerprint density at radius 1 is 1.26 bits per heavy atom. The van der Waals surface area contributed by atoms with E-state index in [0.717, 1.165) is 15.4 Å². The number of thiophene rings is 1. The third-order valence-corrected chi connectivity index (χ3v) is 4.47. The van der Waals surface area contributed by atoms with Gasteiger partial charge < -0.3 is 5.32 Å². The molecular weight excluding hydrogens is 339 g/mol. The fraction of sp³-hybridized carbons (Fsp3) is 0.231. The highest BCUT2D eigenvalue weighted by molar-refractivity contribution is 9.10. The Hall–Kier alpha value is -0.850. The van der Waals surface area contributed by atoms with Crippen LogP contribution in [0, 0.1) is 0 Å². The molecular formula is C13H11BrF3NS. The van der Waals surface area contributed by atoms with Gasteiger partial charge in [-0.15, -0.1) is 11.3 Å². The zero-order valence-corrected chi connectivity index (χ0v) is 12.4. The van der Waals surface area contributed by atoms with Crippen LogP contribution in [-0.4, -0.2) is 7.05 Å². The van der Waals surface area contributed by atoms with Crippen molar-refractivity contribution in [1.29, 1.82) is 0 Å². The highest BCUT2D eigenvalue weighted by Gasteiger charge is 2.31. The van der Waals surface area contributed by atoms with E-state index in [4.69, 9.17) is 0 Å². The summed E-state index contributed by atoms with van der Waals surface area (Å²) in [4.78, 5) is 0.966. The van der Waals surface area contributed by atoms with E-state index < -0.39 is 11.7 Å². The third kappa shape index (κ3) is 3.38. The van der Waals surface area contributed by atoms with Gasteiger partial charge in [0.05, 0.1) is 11.6 Å². The Kier molecular flexibility index (Phi) is 4.32. The molecule has 0 aliphatic heterocycles. The molecule has 0 fully saturated rings. The molecule has 1 unspecified atom stereocenters. The Morgan fingerprint density at radius 2 is 2.00 bits per heavy atom. The van der Waals surface area contributed by atoms with Gasteiger partial charge in [0.2, 0.25) is 0 Å². The molecule has 1 heterocycles. The van der Waals surface area contributed by atoms with Gasteiger partial charge >= 0.3 is 6.18 Å². The molecule has 6 heteroatoms. The van der Waals surface area contributed by atoms with Crippen LogP contribution in [-0.2, 0) is 6.18 Å². The van der Waals surface area contributed by atoms with Crippen molar-refractivity contribution in [3.05, 3.63) is 56.2 Å². The topological polar surface area (TPSA) is 12.0 Å². The van der Waals surface area contributed by atoms with Gasteiger partial charge in [-0.25, -0.2) is 0 Å². The van der Waals surface area contributed by atoms with Crippen LogP contribution < -0.4 is 5.32 Å². The zero-order valence-electron chi connectivity index (χ0n) is 9.96. The lowest BCUT2D eigenvalue weighted by molar-refractivity contribution is -0.137. The Labute approximate surface area is 121 Å². The van der Waals surface area contributed by atoms with Gasteiger partial charge in [0.1, 0.15) is 0 Å². The number of halogens is 4. The van der Waals surface area contributed by atoms with Crippen molar-refractivity contribution in [2.45, 2.75) is 12.2 Å². The Bertz CT molecular complexity index is 565. The van der Waals surface area contributed by atoms with Crippen molar-refractivity contribution < 1.29 is 13.2 Å². The summed E-state index contributed by atoms with van der Waals surface area (Å²) in [7, 11) is 1.73. The second-order valence-electron chi connectivity index (χ2n) is 4.01. The van der Waals surface area contributed by atoms with Crippen molar-refractivity contribution in [3.63, 3.8) is 0 Å². The first-order chi connectivity index (χ1) is 8.91. The average molecular weight is 350 g/mol. The van der Waals surface area contributed by atoms with E-state index >= 15 is 0 Å². The third-order valence-electron chi connectivity index (χ3n) is 2.71. The molecule has 0 radical (unpaired) electrons. The summed E-state index contributed by atoms with van der Waals surface area (Å²) < 4.78 is 39.1. The first-order valence-electron chi connectivity index (χ1n) is 5.50. The zero-order chi connectivity index (χ0) is 14.0. The lowest BCUT2D eigenvalue weighted by Crippen LogP contribution is -2.17. The Morgan fingerprint density at radius 3 is 2.53 bits per heavy atom. The molecule has 1 aromatic carbocycles. The second kappa shape index (κ2) is 5.64. The molecule has 1 N–H and O–H groups in total. The summed E-state index contributed by atoms with van der Waals surface area (Å²) in [6.45, 7) is 0. The number of nitrogens with one attached hydrogen (secondary N) is 1.